The molecule has 1 aromatic heterocycles. The number of hydrogen-bond donors (Lipinski definition) is 0. The lowest BCUT2D eigenvalue weighted by Gasteiger charge is -2.19. The molecule has 0 saturated heterocycles. The summed E-state index contributed by atoms with van der Waals surface area (Å²) in [5.41, 5.74) is 5.33. The van der Waals surface area contributed by atoms with Gasteiger partial charge in [0, 0.05) is 17.4 Å². The van der Waals surface area contributed by atoms with Crippen LogP contribution in [0.15, 0.2) is 42.7 Å². The molecule has 3 rings (SSSR count). The maximum absolute atomic E-state index is 6.06. The molecule has 18 heavy (non-hydrogen) atoms. The lowest BCUT2D eigenvalue weighted by Crippen LogP contribution is -2.01. The third-order valence-electron chi connectivity index (χ3n) is 3.35. The normalized spacial score (nSPS) is 16.6. The van der Waals surface area contributed by atoms with E-state index in [1.54, 1.807) is 0 Å². The summed E-state index contributed by atoms with van der Waals surface area (Å²) in [4.78, 5) is 4.05. The molecule has 0 radical (unpaired) electrons. The van der Waals surface area contributed by atoms with Crippen molar-refractivity contribution in [3.05, 3.63) is 64.4 Å². The number of pyridine rings is 1. The highest BCUT2D eigenvalue weighted by atomic mass is 35.5. The quantitative estimate of drug-likeness (QED) is 0.725. The minimum atomic E-state index is 0.832. The molecule has 2 aromatic rings. The van der Waals surface area contributed by atoms with Crippen LogP contribution in [-0.4, -0.2) is 4.98 Å². The lowest BCUT2D eigenvalue weighted by atomic mass is 9.86. The Morgan fingerprint density at radius 1 is 1.06 bits per heavy atom. The van der Waals surface area contributed by atoms with Gasteiger partial charge in [-0.2, -0.15) is 0 Å². The molecular formula is C16H14ClN. The highest BCUT2D eigenvalue weighted by molar-refractivity contribution is 6.30. The maximum Gasteiger partial charge on any atom is 0.0409 e. The fourth-order valence-corrected chi connectivity index (χ4v) is 2.69. The predicted molar refractivity (Wildman–Crippen MR) is 76.5 cm³/mol. The van der Waals surface area contributed by atoms with E-state index in [1.807, 2.05) is 30.6 Å². The number of allylic oxidation sites excluding steroid dienone is 1. The van der Waals surface area contributed by atoms with E-state index in [1.165, 1.54) is 28.7 Å². The van der Waals surface area contributed by atoms with Crippen molar-refractivity contribution in [1.82, 2.24) is 4.98 Å². The van der Waals surface area contributed by atoms with Crippen molar-refractivity contribution in [2.75, 3.05) is 0 Å². The number of halogens is 1. The van der Waals surface area contributed by atoms with Crippen LogP contribution in [0.1, 0.15) is 29.5 Å². The molecule has 1 heterocycles. The molecule has 0 atom stereocenters. The summed E-state index contributed by atoms with van der Waals surface area (Å²) in [5.74, 6) is 0. The average Bonchev–Trinajstić information content (AvgIpc) is 2.40. The summed E-state index contributed by atoms with van der Waals surface area (Å²) in [7, 11) is 0. The average molecular weight is 256 g/mol. The van der Waals surface area contributed by atoms with Gasteiger partial charge >= 0.3 is 0 Å². The van der Waals surface area contributed by atoms with Gasteiger partial charge in [-0.05, 0) is 65.8 Å². The molecule has 0 spiro atoms. The first kappa shape index (κ1) is 11.5. The Morgan fingerprint density at radius 2 is 1.89 bits per heavy atom. The van der Waals surface area contributed by atoms with Crippen LogP contribution in [0.4, 0.5) is 0 Å². The Kier molecular flexibility index (Phi) is 3.16. The summed E-state index contributed by atoms with van der Waals surface area (Å²) < 4.78 is 0. The Hall–Kier alpha value is -1.60. The standard InChI is InChI=1S/C16H14ClN/c17-15-4-5-16-13(2-1-3-14(16)11-15)10-12-6-8-18-9-7-12/h4-11H,1-3H2. The molecule has 1 aliphatic carbocycles. The van der Waals surface area contributed by atoms with E-state index in [2.05, 4.69) is 23.2 Å². The van der Waals surface area contributed by atoms with Gasteiger partial charge in [0.15, 0.2) is 0 Å². The third-order valence-corrected chi connectivity index (χ3v) is 3.59. The Balaban J connectivity index is 2.04. The topological polar surface area (TPSA) is 12.9 Å². The SMILES string of the molecule is Clc1ccc2c(c1)CCCC2=Cc1ccncc1. The third kappa shape index (κ3) is 2.32. The lowest BCUT2D eigenvalue weighted by molar-refractivity contribution is 0.824. The van der Waals surface area contributed by atoms with E-state index < -0.39 is 0 Å². The number of fused-ring (bicyclic) bond motifs is 1. The highest BCUT2D eigenvalue weighted by Crippen LogP contribution is 2.33. The van der Waals surface area contributed by atoms with Gasteiger partial charge in [-0.25, -0.2) is 0 Å². The zero-order valence-corrected chi connectivity index (χ0v) is 10.8. The van der Waals surface area contributed by atoms with Crippen LogP contribution in [0.2, 0.25) is 5.02 Å². The number of hydrogen-bond acceptors (Lipinski definition) is 1. The van der Waals surface area contributed by atoms with Crippen molar-refractivity contribution < 1.29 is 0 Å². The molecule has 0 aliphatic heterocycles. The highest BCUT2D eigenvalue weighted by Gasteiger charge is 2.14. The zero-order valence-electron chi connectivity index (χ0n) is 10.1. The first-order chi connectivity index (χ1) is 8.83. The number of aromatic nitrogens is 1. The van der Waals surface area contributed by atoms with Gasteiger partial charge < -0.3 is 0 Å². The molecule has 0 saturated carbocycles. The van der Waals surface area contributed by atoms with E-state index in [-0.39, 0.29) is 0 Å². The summed E-state index contributed by atoms with van der Waals surface area (Å²) in [6, 6.07) is 10.3. The number of aryl methyl sites for hydroxylation is 1. The summed E-state index contributed by atoms with van der Waals surface area (Å²) in [6.45, 7) is 0. The van der Waals surface area contributed by atoms with Crippen molar-refractivity contribution in [3.8, 4) is 0 Å². The first-order valence-corrected chi connectivity index (χ1v) is 6.60. The monoisotopic (exact) mass is 255 g/mol. The molecule has 1 nitrogen and oxygen atoms in total. The van der Waals surface area contributed by atoms with E-state index in [9.17, 15) is 0 Å². The predicted octanol–water partition coefficient (Wildman–Crippen LogP) is 4.61. The maximum atomic E-state index is 6.06. The molecule has 0 amide bonds. The second-order valence-electron chi connectivity index (χ2n) is 4.61. The minimum Gasteiger partial charge on any atom is -0.265 e. The largest absolute Gasteiger partial charge is 0.265 e. The fraction of sp³-hybridized carbons (Fsp3) is 0.188. The molecular weight excluding hydrogens is 242 g/mol. The van der Waals surface area contributed by atoms with Gasteiger partial charge in [0.25, 0.3) is 0 Å². The minimum absolute atomic E-state index is 0.832. The van der Waals surface area contributed by atoms with Crippen LogP contribution in [0, 0.1) is 0 Å². The molecule has 0 unspecified atom stereocenters. The van der Waals surface area contributed by atoms with Crippen LogP contribution in [0.3, 0.4) is 0 Å². The molecule has 90 valence electrons. The second-order valence-corrected chi connectivity index (χ2v) is 5.04. The van der Waals surface area contributed by atoms with Crippen molar-refractivity contribution in [3.63, 3.8) is 0 Å². The summed E-state index contributed by atoms with van der Waals surface area (Å²) in [5, 5.41) is 0.832. The molecule has 0 N–H and O–H groups in total. The molecule has 2 heteroatoms. The Bertz CT molecular complexity index is 587. The van der Waals surface area contributed by atoms with Gasteiger partial charge in [-0.3, -0.25) is 4.98 Å². The summed E-state index contributed by atoms with van der Waals surface area (Å²) in [6.07, 6.45) is 9.38. The number of benzene rings is 1. The van der Waals surface area contributed by atoms with Crippen LogP contribution in [-0.2, 0) is 6.42 Å². The van der Waals surface area contributed by atoms with Crippen molar-refractivity contribution in [1.29, 1.82) is 0 Å². The van der Waals surface area contributed by atoms with Gasteiger partial charge in [-0.15, -0.1) is 0 Å². The molecule has 1 aromatic carbocycles. The van der Waals surface area contributed by atoms with Crippen molar-refractivity contribution in [2.24, 2.45) is 0 Å². The van der Waals surface area contributed by atoms with Crippen LogP contribution >= 0.6 is 11.6 Å². The Labute approximate surface area is 112 Å². The summed E-state index contributed by atoms with van der Waals surface area (Å²) >= 11 is 6.06. The smallest absolute Gasteiger partial charge is 0.0409 e. The second kappa shape index (κ2) is 4.95. The number of nitrogens with zero attached hydrogens (tertiary/aromatic N) is 1. The van der Waals surface area contributed by atoms with Gasteiger partial charge in [0.05, 0.1) is 0 Å². The molecule has 1 aliphatic rings. The van der Waals surface area contributed by atoms with Crippen LogP contribution in [0.5, 0.6) is 0 Å². The van der Waals surface area contributed by atoms with Gasteiger partial charge in [0.2, 0.25) is 0 Å². The van der Waals surface area contributed by atoms with Gasteiger partial charge in [0.1, 0.15) is 0 Å². The van der Waals surface area contributed by atoms with E-state index in [0.717, 1.165) is 17.9 Å². The van der Waals surface area contributed by atoms with Crippen molar-refractivity contribution >= 4 is 23.3 Å². The van der Waals surface area contributed by atoms with Crippen molar-refractivity contribution in [2.45, 2.75) is 19.3 Å². The molecule has 0 fully saturated rings. The van der Waals surface area contributed by atoms with E-state index in [4.69, 9.17) is 11.6 Å². The van der Waals surface area contributed by atoms with E-state index in [0.29, 0.717) is 0 Å². The van der Waals surface area contributed by atoms with Gasteiger partial charge in [-0.1, -0.05) is 23.7 Å². The zero-order chi connectivity index (χ0) is 12.4. The fourth-order valence-electron chi connectivity index (χ4n) is 2.50. The Morgan fingerprint density at radius 3 is 2.72 bits per heavy atom. The molecule has 0 bridgehead atoms. The van der Waals surface area contributed by atoms with Crippen LogP contribution in [0.25, 0.3) is 11.6 Å². The van der Waals surface area contributed by atoms with E-state index >= 15 is 0 Å². The first-order valence-electron chi connectivity index (χ1n) is 6.22. The van der Waals surface area contributed by atoms with Crippen LogP contribution < -0.4 is 0 Å². The number of rotatable bonds is 1.